The first-order valence-electron chi connectivity index (χ1n) is 8.37. The fourth-order valence-corrected chi connectivity index (χ4v) is 2.98. The van der Waals surface area contributed by atoms with Crippen LogP contribution in [0.15, 0.2) is 24.3 Å². The fraction of sp³-hybridized carbons (Fsp3) is 0.471. The second-order valence-electron chi connectivity index (χ2n) is 6.25. The number of hydrogen-bond acceptors (Lipinski definition) is 4. The van der Waals surface area contributed by atoms with Gasteiger partial charge in [0.25, 0.3) is 5.91 Å². The minimum atomic E-state index is -0.602. The Labute approximate surface area is 152 Å². The van der Waals surface area contributed by atoms with Gasteiger partial charge in [-0.3, -0.25) is 14.7 Å². The lowest BCUT2D eigenvalue weighted by Gasteiger charge is -2.14. The topological polar surface area (TPSA) is 98.9 Å². The number of benzene rings is 1. The summed E-state index contributed by atoms with van der Waals surface area (Å²) in [6, 6.07) is 6.80. The van der Waals surface area contributed by atoms with Crippen molar-refractivity contribution >= 4 is 35.1 Å². The van der Waals surface area contributed by atoms with Gasteiger partial charge in [0, 0.05) is 11.9 Å². The van der Waals surface area contributed by atoms with E-state index in [1.807, 2.05) is 24.3 Å². The average Bonchev–Trinajstić information content (AvgIpc) is 3.24. The van der Waals surface area contributed by atoms with Crippen LogP contribution in [0.25, 0.3) is 10.9 Å². The molecule has 2 atom stereocenters. The number of hydrogen-bond donors (Lipinski definition) is 4. The van der Waals surface area contributed by atoms with E-state index < -0.39 is 6.04 Å². The number of amides is 2. The Kier molecular flexibility index (Phi) is 6.78. The molecule has 2 heterocycles. The van der Waals surface area contributed by atoms with Crippen molar-refractivity contribution in [3.63, 3.8) is 0 Å². The molecule has 0 radical (unpaired) electrons. The number of nitrogens with one attached hydrogen (secondary N) is 4. The Morgan fingerprint density at radius 3 is 2.92 bits per heavy atom. The van der Waals surface area contributed by atoms with Crippen LogP contribution < -0.4 is 16.0 Å². The predicted molar refractivity (Wildman–Crippen MR) is 98.9 cm³/mol. The highest BCUT2D eigenvalue weighted by Gasteiger charge is 2.20. The third-order valence-corrected chi connectivity index (χ3v) is 4.44. The molecule has 1 aliphatic heterocycles. The van der Waals surface area contributed by atoms with E-state index in [1.54, 1.807) is 6.92 Å². The molecule has 2 unspecified atom stereocenters. The highest BCUT2D eigenvalue weighted by Crippen LogP contribution is 2.15. The summed E-state index contributed by atoms with van der Waals surface area (Å²) in [7, 11) is 0. The van der Waals surface area contributed by atoms with Crippen molar-refractivity contribution in [2.45, 2.75) is 25.8 Å². The first-order chi connectivity index (χ1) is 11.6. The van der Waals surface area contributed by atoms with Crippen molar-refractivity contribution in [3.05, 3.63) is 30.0 Å². The van der Waals surface area contributed by atoms with Crippen molar-refractivity contribution in [3.8, 4) is 0 Å². The van der Waals surface area contributed by atoms with Crippen LogP contribution in [0.1, 0.15) is 30.3 Å². The summed E-state index contributed by atoms with van der Waals surface area (Å²) < 4.78 is 0. The van der Waals surface area contributed by atoms with Crippen molar-refractivity contribution in [2.24, 2.45) is 5.92 Å². The number of para-hydroxylation sites is 1. The maximum atomic E-state index is 12.3. The molecule has 2 amide bonds. The van der Waals surface area contributed by atoms with Crippen LogP contribution in [0, 0.1) is 5.92 Å². The largest absolute Gasteiger partial charge is 0.354 e. The van der Waals surface area contributed by atoms with Crippen LogP contribution in [0.3, 0.4) is 0 Å². The average molecular weight is 366 g/mol. The molecule has 136 valence electrons. The molecule has 1 saturated heterocycles. The minimum absolute atomic E-state index is 0. The lowest BCUT2D eigenvalue weighted by atomic mass is 10.1. The van der Waals surface area contributed by atoms with Crippen LogP contribution in [-0.2, 0) is 4.79 Å². The van der Waals surface area contributed by atoms with Gasteiger partial charge in [0.15, 0.2) is 5.69 Å². The maximum Gasteiger partial charge on any atom is 0.273 e. The first kappa shape index (κ1) is 19.2. The summed E-state index contributed by atoms with van der Waals surface area (Å²) in [5.41, 5.74) is 1.10. The molecule has 8 heteroatoms. The van der Waals surface area contributed by atoms with Gasteiger partial charge in [-0.1, -0.05) is 18.2 Å². The summed E-state index contributed by atoms with van der Waals surface area (Å²) >= 11 is 0. The fourth-order valence-electron chi connectivity index (χ4n) is 2.98. The van der Waals surface area contributed by atoms with Gasteiger partial charge in [-0.2, -0.15) is 5.10 Å². The quantitative estimate of drug-likeness (QED) is 0.618. The maximum absolute atomic E-state index is 12.3. The van der Waals surface area contributed by atoms with Crippen LogP contribution >= 0.6 is 12.4 Å². The van der Waals surface area contributed by atoms with Crippen molar-refractivity contribution in [1.82, 2.24) is 26.1 Å². The van der Waals surface area contributed by atoms with Gasteiger partial charge in [-0.25, -0.2) is 0 Å². The van der Waals surface area contributed by atoms with Gasteiger partial charge in [0.1, 0.15) is 6.04 Å². The Morgan fingerprint density at radius 2 is 2.16 bits per heavy atom. The monoisotopic (exact) mass is 365 g/mol. The molecule has 4 N–H and O–H groups in total. The van der Waals surface area contributed by atoms with E-state index >= 15 is 0 Å². The molecule has 0 spiro atoms. The summed E-state index contributed by atoms with van der Waals surface area (Å²) in [6.07, 6.45) is 2.12. The van der Waals surface area contributed by atoms with Crippen LogP contribution in [0.5, 0.6) is 0 Å². The molecule has 3 rings (SSSR count). The Hall–Kier alpha value is -2.12. The molecule has 1 aromatic carbocycles. The Balaban J connectivity index is 0.00000225. The lowest BCUT2D eigenvalue weighted by Crippen LogP contribution is -2.45. The molecule has 25 heavy (non-hydrogen) atoms. The number of nitrogens with zero attached hydrogens (tertiary/aromatic N) is 1. The zero-order chi connectivity index (χ0) is 16.9. The molecular formula is C17H24ClN5O2. The smallest absolute Gasteiger partial charge is 0.273 e. The zero-order valence-electron chi connectivity index (χ0n) is 14.2. The third kappa shape index (κ3) is 4.70. The predicted octanol–water partition coefficient (Wildman–Crippen LogP) is 1.22. The SMILES string of the molecule is CC(NC(=O)c1n[nH]c2ccccc12)C(=O)NCCC1CCNC1.Cl. The summed E-state index contributed by atoms with van der Waals surface area (Å²) in [6.45, 7) is 4.40. The van der Waals surface area contributed by atoms with E-state index in [4.69, 9.17) is 0 Å². The normalized spacial score (nSPS) is 17.7. The standard InChI is InChI=1S/C17H23N5O2.ClH/c1-11(16(23)19-9-7-12-6-8-18-10-12)20-17(24)15-13-4-2-3-5-14(13)21-22-15;/h2-5,11-12,18H,6-10H2,1H3,(H,19,23)(H,20,24)(H,21,22);1H. The zero-order valence-corrected chi connectivity index (χ0v) is 15.0. The highest BCUT2D eigenvalue weighted by molar-refractivity contribution is 6.05. The molecular weight excluding hydrogens is 342 g/mol. The van der Waals surface area contributed by atoms with Gasteiger partial charge in [0.2, 0.25) is 5.91 Å². The number of halogens is 1. The number of H-pyrrole nitrogens is 1. The van der Waals surface area contributed by atoms with Crippen LogP contribution in [0.2, 0.25) is 0 Å². The van der Waals surface area contributed by atoms with Crippen LogP contribution in [-0.4, -0.2) is 47.7 Å². The molecule has 0 saturated carbocycles. The van der Waals surface area contributed by atoms with E-state index in [0.717, 1.165) is 36.8 Å². The van der Waals surface area contributed by atoms with Crippen molar-refractivity contribution in [1.29, 1.82) is 0 Å². The van der Waals surface area contributed by atoms with E-state index in [9.17, 15) is 9.59 Å². The molecule has 1 aliphatic rings. The first-order valence-corrected chi connectivity index (χ1v) is 8.37. The molecule has 7 nitrogen and oxygen atoms in total. The molecule has 1 aromatic heterocycles. The second-order valence-corrected chi connectivity index (χ2v) is 6.25. The van der Waals surface area contributed by atoms with E-state index in [1.165, 1.54) is 0 Å². The van der Waals surface area contributed by atoms with Gasteiger partial charge in [-0.15, -0.1) is 12.4 Å². The Morgan fingerprint density at radius 1 is 1.36 bits per heavy atom. The highest BCUT2D eigenvalue weighted by atomic mass is 35.5. The Bertz CT molecular complexity index is 727. The lowest BCUT2D eigenvalue weighted by molar-refractivity contribution is -0.122. The van der Waals surface area contributed by atoms with E-state index in [0.29, 0.717) is 18.2 Å². The summed E-state index contributed by atoms with van der Waals surface area (Å²) in [5.74, 6) is 0.106. The van der Waals surface area contributed by atoms with Gasteiger partial charge in [0.05, 0.1) is 5.52 Å². The minimum Gasteiger partial charge on any atom is -0.354 e. The molecule has 0 aliphatic carbocycles. The molecule has 0 bridgehead atoms. The van der Waals surface area contributed by atoms with E-state index in [2.05, 4.69) is 26.1 Å². The number of rotatable bonds is 6. The second kappa shape index (κ2) is 8.82. The number of carbonyl (C=O) groups is 2. The van der Waals surface area contributed by atoms with Gasteiger partial charge in [-0.05, 0) is 44.8 Å². The number of fused-ring (bicyclic) bond motifs is 1. The number of aromatic nitrogens is 2. The third-order valence-electron chi connectivity index (χ3n) is 4.44. The summed E-state index contributed by atoms with van der Waals surface area (Å²) in [4.78, 5) is 24.5. The van der Waals surface area contributed by atoms with Gasteiger partial charge < -0.3 is 16.0 Å². The number of carbonyl (C=O) groups excluding carboxylic acids is 2. The molecule has 1 fully saturated rings. The summed E-state index contributed by atoms with van der Waals surface area (Å²) in [5, 5.41) is 16.5. The van der Waals surface area contributed by atoms with Crippen molar-refractivity contribution < 1.29 is 9.59 Å². The van der Waals surface area contributed by atoms with E-state index in [-0.39, 0.29) is 24.2 Å². The number of aromatic amines is 1. The van der Waals surface area contributed by atoms with Crippen LogP contribution in [0.4, 0.5) is 0 Å². The van der Waals surface area contributed by atoms with Crippen molar-refractivity contribution in [2.75, 3.05) is 19.6 Å². The van der Waals surface area contributed by atoms with Gasteiger partial charge >= 0.3 is 0 Å². The molecule has 2 aromatic rings.